The van der Waals surface area contributed by atoms with E-state index in [2.05, 4.69) is 15.9 Å². The van der Waals surface area contributed by atoms with Crippen molar-refractivity contribution < 1.29 is 24.0 Å². The smallest absolute Gasteiger partial charge is 0.343 e. The van der Waals surface area contributed by atoms with Crippen LogP contribution in [0.2, 0.25) is 0 Å². The number of ketones is 1. The molecule has 8 heteroatoms. The highest BCUT2D eigenvalue weighted by Crippen LogP contribution is 2.35. The Labute approximate surface area is 178 Å². The van der Waals surface area contributed by atoms with Gasteiger partial charge in [-0.2, -0.15) is 0 Å². The normalized spacial score (nSPS) is 13.6. The molecular formula is C22H12BrNO6. The maximum absolute atomic E-state index is 12.6. The zero-order valence-electron chi connectivity index (χ0n) is 15.2. The number of rotatable bonds is 4. The minimum atomic E-state index is -0.681. The number of carbonyl (C=O) groups is 2. The third-order valence-corrected chi connectivity index (χ3v) is 4.81. The lowest BCUT2D eigenvalue weighted by Crippen LogP contribution is -2.08. The van der Waals surface area contributed by atoms with Gasteiger partial charge in [0, 0.05) is 22.7 Å². The number of hydrogen-bond acceptors (Lipinski definition) is 6. The molecule has 0 radical (unpaired) electrons. The Morgan fingerprint density at radius 1 is 1.07 bits per heavy atom. The summed E-state index contributed by atoms with van der Waals surface area (Å²) in [5.74, 6) is -0.303. The van der Waals surface area contributed by atoms with Gasteiger partial charge < -0.3 is 9.47 Å². The van der Waals surface area contributed by atoms with Gasteiger partial charge in [-0.15, -0.1) is 0 Å². The number of non-ortho nitro benzene ring substituents is 1. The second-order valence-electron chi connectivity index (χ2n) is 6.35. The number of benzene rings is 3. The highest BCUT2D eigenvalue weighted by Gasteiger charge is 2.28. The van der Waals surface area contributed by atoms with Crippen LogP contribution in [0.3, 0.4) is 0 Å². The molecule has 3 aromatic rings. The first-order chi connectivity index (χ1) is 14.4. The van der Waals surface area contributed by atoms with Crippen LogP contribution >= 0.6 is 15.9 Å². The van der Waals surface area contributed by atoms with Crippen LogP contribution in [0, 0.1) is 10.1 Å². The van der Waals surface area contributed by atoms with E-state index in [4.69, 9.17) is 9.47 Å². The van der Waals surface area contributed by atoms with Crippen molar-refractivity contribution in [3.8, 4) is 11.5 Å². The summed E-state index contributed by atoms with van der Waals surface area (Å²) in [5, 5.41) is 10.7. The van der Waals surface area contributed by atoms with Crippen LogP contribution in [0.15, 0.2) is 77.0 Å². The lowest BCUT2D eigenvalue weighted by atomic mass is 10.1. The fraction of sp³-hybridized carbons (Fsp3) is 0. The summed E-state index contributed by atoms with van der Waals surface area (Å²) >= 11 is 3.38. The van der Waals surface area contributed by atoms with Crippen LogP contribution in [0.5, 0.6) is 11.5 Å². The Morgan fingerprint density at radius 2 is 1.83 bits per heavy atom. The second-order valence-corrected chi connectivity index (χ2v) is 7.26. The highest BCUT2D eigenvalue weighted by molar-refractivity contribution is 9.10. The molecule has 0 N–H and O–H groups in total. The number of ether oxygens (including phenoxy) is 2. The van der Waals surface area contributed by atoms with Crippen LogP contribution in [0.4, 0.5) is 5.69 Å². The Hall–Kier alpha value is -3.78. The zero-order valence-corrected chi connectivity index (χ0v) is 16.8. The van der Waals surface area contributed by atoms with Gasteiger partial charge in [0.25, 0.3) is 5.69 Å². The molecule has 0 atom stereocenters. The molecule has 1 heterocycles. The summed E-state index contributed by atoms with van der Waals surface area (Å²) in [4.78, 5) is 35.0. The van der Waals surface area contributed by atoms with Crippen molar-refractivity contribution in [2.75, 3.05) is 0 Å². The predicted molar refractivity (Wildman–Crippen MR) is 112 cm³/mol. The van der Waals surface area contributed by atoms with Crippen LogP contribution in [0.1, 0.15) is 26.3 Å². The number of hydrogen-bond donors (Lipinski definition) is 0. The number of halogens is 1. The van der Waals surface area contributed by atoms with E-state index in [-0.39, 0.29) is 34.3 Å². The Morgan fingerprint density at radius 3 is 2.53 bits per heavy atom. The van der Waals surface area contributed by atoms with Gasteiger partial charge in [0.2, 0.25) is 5.78 Å². The minimum Gasteiger partial charge on any atom is -0.452 e. The van der Waals surface area contributed by atoms with Gasteiger partial charge in [-0.1, -0.05) is 28.1 Å². The lowest BCUT2D eigenvalue weighted by Gasteiger charge is -2.05. The molecule has 0 aliphatic carbocycles. The van der Waals surface area contributed by atoms with E-state index in [0.717, 1.165) is 10.0 Å². The highest BCUT2D eigenvalue weighted by atomic mass is 79.9. The largest absolute Gasteiger partial charge is 0.452 e. The molecule has 0 bridgehead atoms. The molecule has 3 aromatic carbocycles. The third kappa shape index (κ3) is 3.99. The maximum Gasteiger partial charge on any atom is 0.343 e. The van der Waals surface area contributed by atoms with Crippen LogP contribution in [-0.2, 0) is 0 Å². The molecule has 0 fully saturated rings. The Balaban J connectivity index is 1.52. The molecule has 1 aliphatic heterocycles. The summed E-state index contributed by atoms with van der Waals surface area (Å²) in [7, 11) is 0. The van der Waals surface area contributed by atoms with Crippen molar-refractivity contribution in [1.29, 1.82) is 0 Å². The van der Waals surface area contributed by atoms with E-state index in [1.807, 2.05) is 24.3 Å². The van der Waals surface area contributed by atoms with Crippen molar-refractivity contribution in [2.45, 2.75) is 0 Å². The fourth-order valence-corrected chi connectivity index (χ4v) is 3.28. The van der Waals surface area contributed by atoms with Crippen LogP contribution < -0.4 is 9.47 Å². The van der Waals surface area contributed by atoms with E-state index in [1.165, 1.54) is 42.5 Å². The standard InChI is InChI=1S/C22H12BrNO6/c23-15-3-1-2-13(10-15)11-20-21(25)18-9-8-17(12-19(18)30-20)29-22(26)14-4-6-16(7-5-14)24(27)28/h1-12H. The van der Waals surface area contributed by atoms with Gasteiger partial charge >= 0.3 is 5.97 Å². The van der Waals surface area contributed by atoms with E-state index in [9.17, 15) is 19.7 Å². The van der Waals surface area contributed by atoms with E-state index in [0.29, 0.717) is 5.56 Å². The quantitative estimate of drug-likeness (QED) is 0.173. The van der Waals surface area contributed by atoms with Crippen molar-refractivity contribution in [3.05, 3.63) is 104 Å². The fourth-order valence-electron chi connectivity index (χ4n) is 2.86. The first-order valence-corrected chi connectivity index (χ1v) is 9.50. The molecule has 0 aromatic heterocycles. The van der Waals surface area contributed by atoms with Crippen molar-refractivity contribution in [1.82, 2.24) is 0 Å². The molecule has 0 saturated carbocycles. The lowest BCUT2D eigenvalue weighted by molar-refractivity contribution is -0.384. The average molecular weight is 466 g/mol. The van der Waals surface area contributed by atoms with Gasteiger partial charge in [0.1, 0.15) is 11.5 Å². The van der Waals surface area contributed by atoms with Gasteiger partial charge in [-0.25, -0.2) is 4.79 Å². The number of fused-ring (bicyclic) bond motifs is 1. The predicted octanol–water partition coefficient (Wildman–Crippen LogP) is 5.19. The van der Waals surface area contributed by atoms with Gasteiger partial charge in [0.05, 0.1) is 16.1 Å². The molecule has 0 spiro atoms. The van der Waals surface area contributed by atoms with Crippen LogP contribution in [-0.4, -0.2) is 16.7 Å². The molecule has 0 saturated heterocycles. The molecule has 1 aliphatic rings. The summed E-state index contributed by atoms with van der Waals surface area (Å²) < 4.78 is 11.8. The summed E-state index contributed by atoms with van der Waals surface area (Å²) in [6.07, 6.45) is 1.63. The summed E-state index contributed by atoms with van der Waals surface area (Å²) in [5.41, 5.74) is 1.20. The Kier molecular flexibility index (Phi) is 5.16. The van der Waals surface area contributed by atoms with E-state index < -0.39 is 10.9 Å². The van der Waals surface area contributed by atoms with Gasteiger partial charge in [-0.05, 0) is 48.0 Å². The summed E-state index contributed by atoms with van der Waals surface area (Å²) in [6, 6.07) is 17.0. The van der Waals surface area contributed by atoms with Gasteiger partial charge in [0.15, 0.2) is 5.76 Å². The number of esters is 1. The topological polar surface area (TPSA) is 95.7 Å². The third-order valence-electron chi connectivity index (χ3n) is 4.31. The first-order valence-electron chi connectivity index (χ1n) is 8.71. The number of Topliss-reactive ketones (excluding diaryl/α,β-unsaturated/α-hetero) is 1. The number of nitro groups is 1. The average Bonchev–Trinajstić information content (AvgIpc) is 3.03. The van der Waals surface area contributed by atoms with Crippen molar-refractivity contribution in [2.24, 2.45) is 0 Å². The SMILES string of the molecule is O=C(Oc1ccc2c(c1)OC(=Cc1cccc(Br)c1)C2=O)c1ccc([N+](=O)[O-])cc1. The summed E-state index contributed by atoms with van der Waals surface area (Å²) in [6.45, 7) is 0. The molecule has 4 rings (SSSR count). The zero-order chi connectivity index (χ0) is 21.3. The van der Waals surface area contributed by atoms with Crippen LogP contribution in [0.25, 0.3) is 6.08 Å². The molecule has 30 heavy (non-hydrogen) atoms. The molecule has 0 unspecified atom stereocenters. The number of allylic oxidation sites excluding steroid dienone is 1. The minimum absolute atomic E-state index is 0.124. The molecule has 0 amide bonds. The number of carbonyl (C=O) groups excluding carboxylic acids is 2. The van der Waals surface area contributed by atoms with E-state index >= 15 is 0 Å². The van der Waals surface area contributed by atoms with Crippen molar-refractivity contribution in [3.63, 3.8) is 0 Å². The van der Waals surface area contributed by atoms with Crippen molar-refractivity contribution >= 4 is 39.4 Å². The molecular weight excluding hydrogens is 454 g/mol. The first kappa shape index (κ1) is 19.5. The number of nitrogens with zero attached hydrogens (tertiary/aromatic N) is 1. The maximum atomic E-state index is 12.6. The second kappa shape index (κ2) is 7.92. The van der Waals surface area contributed by atoms with E-state index in [1.54, 1.807) is 6.08 Å². The monoisotopic (exact) mass is 465 g/mol. The van der Waals surface area contributed by atoms with Gasteiger partial charge in [-0.3, -0.25) is 14.9 Å². The molecule has 148 valence electrons. The Bertz CT molecular complexity index is 1220. The molecule has 7 nitrogen and oxygen atoms in total. The number of nitro benzene ring substituents is 1.